The molecule has 0 aliphatic heterocycles. The van der Waals surface area contributed by atoms with Gasteiger partial charge in [-0.25, -0.2) is 0 Å². The van der Waals surface area contributed by atoms with E-state index in [9.17, 15) is 9.59 Å². The van der Waals surface area contributed by atoms with Gasteiger partial charge in [0, 0.05) is 12.5 Å². The molecule has 1 fully saturated rings. The van der Waals surface area contributed by atoms with Crippen molar-refractivity contribution in [3.63, 3.8) is 0 Å². The number of carbonyl (C=O) groups excluding carboxylic acids is 2. The Kier molecular flexibility index (Phi) is 6.63. The van der Waals surface area contributed by atoms with E-state index in [2.05, 4.69) is 5.32 Å². The zero-order chi connectivity index (χ0) is 16.7. The van der Waals surface area contributed by atoms with Crippen molar-refractivity contribution in [1.29, 1.82) is 0 Å². The molecule has 4 heteroatoms. The van der Waals surface area contributed by atoms with E-state index in [0.717, 1.165) is 24.8 Å². The number of Topliss-reactive ketones (excluding diaryl/α,β-unsaturated/α-hetero) is 1. The molecule has 0 spiro atoms. The second-order valence-corrected chi connectivity index (χ2v) is 6.45. The number of hydrogen-bond donors (Lipinski definition) is 1. The summed E-state index contributed by atoms with van der Waals surface area (Å²) in [7, 11) is 0. The largest absolute Gasteiger partial charge is 0.481 e. The minimum absolute atomic E-state index is 0.0439. The summed E-state index contributed by atoms with van der Waals surface area (Å²) in [4.78, 5) is 23.2. The topological polar surface area (TPSA) is 55.4 Å². The van der Waals surface area contributed by atoms with Crippen LogP contribution in [0.5, 0.6) is 5.75 Å². The Morgan fingerprint density at radius 1 is 1.17 bits per heavy atom. The van der Waals surface area contributed by atoms with Crippen LogP contribution < -0.4 is 10.1 Å². The van der Waals surface area contributed by atoms with Gasteiger partial charge in [0.05, 0.1) is 0 Å². The van der Waals surface area contributed by atoms with E-state index in [-0.39, 0.29) is 11.7 Å². The number of amides is 1. The number of ketones is 1. The summed E-state index contributed by atoms with van der Waals surface area (Å²) in [6, 6.07) is 7.92. The van der Waals surface area contributed by atoms with Crippen LogP contribution in [0.15, 0.2) is 24.3 Å². The molecule has 0 radical (unpaired) electrons. The number of rotatable bonds is 7. The fourth-order valence-electron chi connectivity index (χ4n) is 2.88. The van der Waals surface area contributed by atoms with Crippen LogP contribution >= 0.6 is 0 Å². The molecule has 1 saturated carbocycles. The molecule has 126 valence electrons. The van der Waals surface area contributed by atoms with Crippen LogP contribution in [-0.2, 0) is 16.0 Å². The quantitative estimate of drug-likeness (QED) is 0.838. The number of carbonyl (C=O) groups is 2. The van der Waals surface area contributed by atoms with Crippen molar-refractivity contribution in [2.75, 3.05) is 0 Å². The van der Waals surface area contributed by atoms with Gasteiger partial charge in [-0.15, -0.1) is 0 Å². The van der Waals surface area contributed by atoms with Gasteiger partial charge in [0.25, 0.3) is 5.91 Å². The highest BCUT2D eigenvalue weighted by Crippen LogP contribution is 2.18. The Labute approximate surface area is 138 Å². The minimum atomic E-state index is -0.500. The normalized spacial score (nSPS) is 16.6. The van der Waals surface area contributed by atoms with E-state index in [1.54, 1.807) is 13.8 Å². The summed E-state index contributed by atoms with van der Waals surface area (Å²) in [5.74, 6) is 0.832. The Morgan fingerprint density at radius 2 is 1.83 bits per heavy atom. The molecule has 1 aromatic carbocycles. The Balaban J connectivity index is 1.80. The fourth-order valence-corrected chi connectivity index (χ4v) is 2.88. The Hall–Kier alpha value is -1.84. The van der Waals surface area contributed by atoms with Crippen molar-refractivity contribution in [2.45, 2.75) is 70.9 Å². The van der Waals surface area contributed by atoms with Gasteiger partial charge in [0.15, 0.2) is 6.10 Å². The molecule has 0 bridgehead atoms. The third-order valence-corrected chi connectivity index (χ3v) is 4.32. The van der Waals surface area contributed by atoms with E-state index in [1.807, 2.05) is 24.3 Å². The van der Waals surface area contributed by atoms with Crippen molar-refractivity contribution in [1.82, 2.24) is 5.32 Å². The molecule has 1 aliphatic carbocycles. The van der Waals surface area contributed by atoms with Gasteiger partial charge in [-0.2, -0.15) is 0 Å². The zero-order valence-corrected chi connectivity index (χ0v) is 14.1. The van der Waals surface area contributed by atoms with E-state index >= 15 is 0 Å². The van der Waals surface area contributed by atoms with Crippen LogP contribution in [0, 0.1) is 0 Å². The average Bonchev–Trinajstić information content (AvgIpc) is 2.55. The predicted octanol–water partition coefficient (Wildman–Crippen LogP) is 3.42. The van der Waals surface area contributed by atoms with Gasteiger partial charge in [0.1, 0.15) is 11.5 Å². The van der Waals surface area contributed by atoms with Crippen LogP contribution in [0.2, 0.25) is 0 Å². The maximum Gasteiger partial charge on any atom is 0.260 e. The Morgan fingerprint density at radius 3 is 2.43 bits per heavy atom. The van der Waals surface area contributed by atoms with Gasteiger partial charge >= 0.3 is 0 Å². The van der Waals surface area contributed by atoms with Gasteiger partial charge in [-0.05, 0) is 50.8 Å². The van der Waals surface area contributed by atoms with Gasteiger partial charge < -0.3 is 14.8 Å². The molecule has 1 N–H and O–H groups in total. The van der Waals surface area contributed by atoms with Crippen LogP contribution in [-0.4, -0.2) is 23.8 Å². The fraction of sp³-hybridized carbons (Fsp3) is 0.579. The second-order valence-electron chi connectivity index (χ2n) is 6.45. The number of benzene rings is 1. The first-order chi connectivity index (χ1) is 11.0. The standard InChI is InChI=1S/C19H27NO3/c1-14(21)8-9-16-10-12-18(13-11-16)23-15(2)19(22)20-17-6-4-3-5-7-17/h10-13,15,17H,3-9H2,1-2H3,(H,20,22). The number of ether oxygens (including phenoxy) is 1. The lowest BCUT2D eigenvalue weighted by Gasteiger charge is -2.24. The molecular weight excluding hydrogens is 290 g/mol. The summed E-state index contributed by atoms with van der Waals surface area (Å²) in [6.07, 6.45) is 6.61. The van der Waals surface area contributed by atoms with Crippen LogP contribution in [0.1, 0.15) is 57.9 Å². The molecule has 1 aliphatic rings. The van der Waals surface area contributed by atoms with Gasteiger partial charge in [-0.1, -0.05) is 31.4 Å². The lowest BCUT2D eigenvalue weighted by atomic mass is 9.95. The second kappa shape index (κ2) is 8.70. The van der Waals surface area contributed by atoms with Crippen molar-refractivity contribution < 1.29 is 14.3 Å². The Bertz CT molecular complexity index is 518. The van der Waals surface area contributed by atoms with E-state index in [0.29, 0.717) is 18.2 Å². The lowest BCUT2D eigenvalue weighted by molar-refractivity contribution is -0.128. The molecule has 1 atom stereocenters. The van der Waals surface area contributed by atoms with Crippen molar-refractivity contribution in [3.05, 3.63) is 29.8 Å². The summed E-state index contributed by atoms with van der Waals surface area (Å²) in [6.45, 7) is 3.38. The first-order valence-electron chi connectivity index (χ1n) is 8.60. The number of aryl methyl sites for hydroxylation is 1. The molecule has 0 aromatic heterocycles. The number of hydrogen-bond acceptors (Lipinski definition) is 3. The van der Waals surface area contributed by atoms with Crippen molar-refractivity contribution in [3.8, 4) is 5.75 Å². The van der Waals surface area contributed by atoms with Crippen LogP contribution in [0.4, 0.5) is 0 Å². The van der Waals surface area contributed by atoms with Crippen molar-refractivity contribution >= 4 is 11.7 Å². The molecule has 1 aromatic rings. The third-order valence-electron chi connectivity index (χ3n) is 4.32. The molecule has 1 amide bonds. The van der Waals surface area contributed by atoms with Crippen LogP contribution in [0.25, 0.3) is 0 Å². The minimum Gasteiger partial charge on any atom is -0.481 e. The highest BCUT2D eigenvalue weighted by molar-refractivity contribution is 5.81. The number of nitrogens with one attached hydrogen (secondary N) is 1. The monoisotopic (exact) mass is 317 g/mol. The van der Waals surface area contributed by atoms with E-state index in [4.69, 9.17) is 4.74 Å². The summed E-state index contributed by atoms with van der Waals surface area (Å²) in [5.41, 5.74) is 1.10. The third kappa shape index (κ3) is 6.05. The van der Waals surface area contributed by atoms with E-state index < -0.39 is 6.10 Å². The highest BCUT2D eigenvalue weighted by Gasteiger charge is 2.20. The zero-order valence-electron chi connectivity index (χ0n) is 14.1. The molecular formula is C19H27NO3. The molecule has 23 heavy (non-hydrogen) atoms. The first kappa shape index (κ1) is 17.5. The first-order valence-corrected chi connectivity index (χ1v) is 8.60. The molecule has 2 rings (SSSR count). The van der Waals surface area contributed by atoms with E-state index in [1.165, 1.54) is 19.3 Å². The predicted molar refractivity (Wildman–Crippen MR) is 90.5 cm³/mol. The van der Waals surface area contributed by atoms with Gasteiger partial charge in [-0.3, -0.25) is 4.79 Å². The summed E-state index contributed by atoms with van der Waals surface area (Å²) >= 11 is 0. The molecule has 1 unspecified atom stereocenters. The molecule has 0 heterocycles. The van der Waals surface area contributed by atoms with Crippen molar-refractivity contribution in [2.24, 2.45) is 0 Å². The summed E-state index contributed by atoms with van der Waals surface area (Å²) < 4.78 is 5.72. The summed E-state index contributed by atoms with van der Waals surface area (Å²) in [5, 5.41) is 3.08. The van der Waals surface area contributed by atoms with Gasteiger partial charge in [0.2, 0.25) is 0 Å². The SMILES string of the molecule is CC(=O)CCc1ccc(OC(C)C(=O)NC2CCCCC2)cc1. The smallest absolute Gasteiger partial charge is 0.260 e. The molecule has 4 nitrogen and oxygen atoms in total. The lowest BCUT2D eigenvalue weighted by Crippen LogP contribution is -2.43. The van der Waals surface area contributed by atoms with Crippen LogP contribution in [0.3, 0.4) is 0 Å². The maximum absolute atomic E-state index is 12.2. The highest BCUT2D eigenvalue weighted by atomic mass is 16.5. The average molecular weight is 317 g/mol. The maximum atomic E-state index is 12.2. The molecule has 0 saturated heterocycles.